The van der Waals surface area contributed by atoms with Gasteiger partial charge in [-0.05, 0) is 11.6 Å². The highest BCUT2D eigenvalue weighted by atomic mass is 19.4. The van der Waals surface area contributed by atoms with Crippen molar-refractivity contribution in [2.24, 2.45) is 7.05 Å². The van der Waals surface area contributed by atoms with Gasteiger partial charge in [0.25, 0.3) is 0 Å². The molecule has 1 aromatic carbocycles. The summed E-state index contributed by atoms with van der Waals surface area (Å²) in [6.07, 6.45) is -2.75. The Labute approximate surface area is 138 Å². The van der Waals surface area contributed by atoms with Gasteiger partial charge in [-0.2, -0.15) is 18.3 Å². The van der Waals surface area contributed by atoms with E-state index in [0.29, 0.717) is 12.1 Å². The topological polar surface area (TPSA) is 37.2 Å². The number of halogens is 3. The van der Waals surface area contributed by atoms with E-state index in [1.165, 1.54) is 12.1 Å². The molecule has 1 fully saturated rings. The molecular weight excluding hydrogens is 319 g/mol. The fourth-order valence-electron chi connectivity index (χ4n) is 2.87. The van der Waals surface area contributed by atoms with Gasteiger partial charge in [0.15, 0.2) is 0 Å². The van der Waals surface area contributed by atoms with Crippen LogP contribution in [0.4, 0.5) is 13.2 Å². The smallest absolute Gasteiger partial charge is 0.297 e. The minimum absolute atomic E-state index is 0.543. The van der Waals surface area contributed by atoms with Gasteiger partial charge in [-0.15, -0.1) is 0 Å². The van der Waals surface area contributed by atoms with E-state index >= 15 is 0 Å². The highest BCUT2D eigenvalue weighted by Gasteiger charge is 2.30. The Kier molecular flexibility index (Phi) is 4.86. The van der Waals surface area contributed by atoms with Crippen LogP contribution in [0.2, 0.25) is 0 Å². The van der Waals surface area contributed by atoms with Crippen LogP contribution in [-0.2, 0) is 26.3 Å². The van der Waals surface area contributed by atoms with Crippen molar-refractivity contribution in [3.63, 3.8) is 0 Å². The molecule has 3 rings (SSSR count). The summed E-state index contributed by atoms with van der Waals surface area (Å²) in [7, 11) is 1.87. The predicted molar refractivity (Wildman–Crippen MR) is 83.0 cm³/mol. The zero-order valence-electron chi connectivity index (χ0n) is 13.5. The summed E-state index contributed by atoms with van der Waals surface area (Å²) in [5, 5.41) is 4.06. The van der Waals surface area contributed by atoms with Crippen LogP contribution in [0.3, 0.4) is 0 Å². The zero-order valence-corrected chi connectivity index (χ0v) is 13.5. The lowest BCUT2D eigenvalue weighted by molar-refractivity contribution is -0.137. The number of piperazine rings is 1. The maximum absolute atomic E-state index is 12.8. The first kappa shape index (κ1) is 16.9. The van der Waals surface area contributed by atoms with E-state index < -0.39 is 11.7 Å². The number of aryl methyl sites for hydroxylation is 1. The standard InChI is InChI=1S/C16H20F3N5/c1-22-15(20-12-21-22)11-24-7-5-23(6-8-24)10-13-3-2-4-14(9-13)16(17,18)19/h2-4,9,12H,5-8,10-11H2,1H3. The number of hydrogen-bond acceptors (Lipinski definition) is 4. The molecule has 0 atom stereocenters. The van der Waals surface area contributed by atoms with Crippen LogP contribution in [0, 0.1) is 0 Å². The molecule has 1 aliphatic heterocycles. The molecule has 0 radical (unpaired) electrons. The minimum Gasteiger partial charge on any atom is -0.297 e. The number of aromatic nitrogens is 3. The van der Waals surface area contributed by atoms with Crippen LogP contribution in [0.15, 0.2) is 30.6 Å². The summed E-state index contributed by atoms with van der Waals surface area (Å²) < 4.78 is 40.1. The quantitative estimate of drug-likeness (QED) is 0.855. The van der Waals surface area contributed by atoms with Crippen LogP contribution in [0.1, 0.15) is 17.0 Å². The Morgan fingerprint density at radius 1 is 1.04 bits per heavy atom. The molecule has 2 aromatic rings. The molecule has 0 amide bonds. The highest BCUT2D eigenvalue weighted by molar-refractivity contribution is 5.25. The van der Waals surface area contributed by atoms with E-state index in [1.54, 1.807) is 17.1 Å². The monoisotopic (exact) mass is 339 g/mol. The van der Waals surface area contributed by atoms with Gasteiger partial charge < -0.3 is 0 Å². The number of hydrogen-bond donors (Lipinski definition) is 0. The van der Waals surface area contributed by atoms with Crippen LogP contribution < -0.4 is 0 Å². The lowest BCUT2D eigenvalue weighted by Gasteiger charge is -2.34. The average Bonchev–Trinajstić information content (AvgIpc) is 2.94. The third kappa shape index (κ3) is 4.12. The maximum Gasteiger partial charge on any atom is 0.416 e. The number of alkyl halides is 3. The van der Waals surface area contributed by atoms with Gasteiger partial charge in [-0.25, -0.2) is 4.98 Å². The largest absolute Gasteiger partial charge is 0.416 e. The molecule has 0 N–H and O–H groups in total. The summed E-state index contributed by atoms with van der Waals surface area (Å²) in [6.45, 7) is 4.68. The molecule has 0 saturated carbocycles. The molecule has 1 saturated heterocycles. The van der Waals surface area contributed by atoms with Crippen molar-refractivity contribution < 1.29 is 13.2 Å². The molecule has 1 aromatic heterocycles. The van der Waals surface area contributed by atoms with Crippen molar-refractivity contribution in [3.05, 3.63) is 47.5 Å². The molecule has 0 bridgehead atoms. The lowest BCUT2D eigenvalue weighted by atomic mass is 10.1. The van der Waals surface area contributed by atoms with Crippen molar-refractivity contribution in [1.29, 1.82) is 0 Å². The van der Waals surface area contributed by atoms with Crippen molar-refractivity contribution >= 4 is 0 Å². The van der Waals surface area contributed by atoms with Crippen LogP contribution >= 0.6 is 0 Å². The summed E-state index contributed by atoms with van der Waals surface area (Å²) in [5.41, 5.74) is 0.118. The molecule has 5 nitrogen and oxygen atoms in total. The molecule has 0 unspecified atom stereocenters. The van der Waals surface area contributed by atoms with Crippen molar-refractivity contribution in [3.8, 4) is 0 Å². The third-order valence-electron chi connectivity index (χ3n) is 4.30. The maximum atomic E-state index is 12.8. The second-order valence-corrected chi connectivity index (χ2v) is 6.05. The molecule has 130 valence electrons. The lowest BCUT2D eigenvalue weighted by Crippen LogP contribution is -2.45. The van der Waals surface area contributed by atoms with Gasteiger partial charge in [0, 0.05) is 39.8 Å². The normalized spacial score (nSPS) is 17.3. The van der Waals surface area contributed by atoms with E-state index in [4.69, 9.17) is 0 Å². The third-order valence-corrected chi connectivity index (χ3v) is 4.30. The molecule has 8 heteroatoms. The molecule has 1 aliphatic rings. The second kappa shape index (κ2) is 6.90. The summed E-state index contributed by atoms with van der Waals surface area (Å²) in [6, 6.07) is 5.58. The second-order valence-electron chi connectivity index (χ2n) is 6.05. The Hall–Kier alpha value is -1.93. The Bertz CT molecular complexity index is 674. The van der Waals surface area contributed by atoms with Crippen LogP contribution in [-0.4, -0.2) is 50.7 Å². The molecule has 0 spiro atoms. The zero-order chi connectivity index (χ0) is 17.2. The van der Waals surface area contributed by atoms with E-state index in [9.17, 15) is 13.2 Å². The van der Waals surface area contributed by atoms with Crippen LogP contribution in [0.25, 0.3) is 0 Å². The number of rotatable bonds is 4. The average molecular weight is 339 g/mol. The number of nitrogens with zero attached hydrogens (tertiary/aromatic N) is 5. The van der Waals surface area contributed by atoms with Gasteiger partial charge in [-0.3, -0.25) is 14.5 Å². The van der Waals surface area contributed by atoms with Crippen LogP contribution in [0.5, 0.6) is 0 Å². The van der Waals surface area contributed by atoms with Crippen molar-refractivity contribution in [2.75, 3.05) is 26.2 Å². The van der Waals surface area contributed by atoms with Gasteiger partial charge in [-0.1, -0.05) is 18.2 Å². The van der Waals surface area contributed by atoms with Gasteiger partial charge in [0.1, 0.15) is 12.2 Å². The van der Waals surface area contributed by atoms with Crippen molar-refractivity contribution in [2.45, 2.75) is 19.3 Å². The summed E-state index contributed by atoms with van der Waals surface area (Å²) in [4.78, 5) is 8.69. The number of benzene rings is 1. The van der Waals surface area contributed by atoms with Gasteiger partial charge >= 0.3 is 6.18 Å². The first-order valence-corrected chi connectivity index (χ1v) is 7.85. The first-order valence-electron chi connectivity index (χ1n) is 7.85. The van der Waals surface area contributed by atoms with Gasteiger partial charge in [0.05, 0.1) is 12.1 Å². The Morgan fingerprint density at radius 2 is 1.71 bits per heavy atom. The molecule has 24 heavy (non-hydrogen) atoms. The van der Waals surface area contributed by atoms with E-state index in [0.717, 1.165) is 44.6 Å². The molecular formula is C16H20F3N5. The summed E-state index contributed by atoms with van der Waals surface area (Å²) >= 11 is 0. The van der Waals surface area contributed by atoms with E-state index in [1.807, 2.05) is 7.05 Å². The fraction of sp³-hybridized carbons (Fsp3) is 0.500. The van der Waals surface area contributed by atoms with E-state index in [2.05, 4.69) is 19.9 Å². The highest BCUT2D eigenvalue weighted by Crippen LogP contribution is 2.29. The summed E-state index contributed by atoms with van der Waals surface area (Å²) in [5.74, 6) is 0.918. The van der Waals surface area contributed by atoms with Crippen molar-refractivity contribution in [1.82, 2.24) is 24.6 Å². The fourth-order valence-corrected chi connectivity index (χ4v) is 2.87. The Morgan fingerprint density at radius 3 is 2.29 bits per heavy atom. The Balaban J connectivity index is 1.53. The molecule has 0 aliphatic carbocycles. The first-order chi connectivity index (χ1) is 11.4. The minimum atomic E-state index is -4.29. The molecule has 2 heterocycles. The van der Waals surface area contributed by atoms with E-state index in [-0.39, 0.29) is 0 Å². The van der Waals surface area contributed by atoms with Gasteiger partial charge in [0.2, 0.25) is 0 Å². The predicted octanol–water partition coefficient (Wildman–Crippen LogP) is 2.15. The SMILES string of the molecule is Cn1ncnc1CN1CCN(Cc2cccc(C(F)(F)F)c2)CC1.